The molecule has 0 aromatic carbocycles. The van der Waals surface area contributed by atoms with Gasteiger partial charge in [-0.2, -0.15) is 0 Å². The summed E-state index contributed by atoms with van der Waals surface area (Å²) >= 11 is -0.0101. The number of ether oxygens (including phenoxy) is 1. The third kappa shape index (κ3) is 0.738. The molecule has 2 nitrogen and oxygen atoms in total. The van der Waals surface area contributed by atoms with Gasteiger partial charge in [-0.05, 0) is 0 Å². The first-order valence-electron chi connectivity index (χ1n) is 4.73. The summed E-state index contributed by atoms with van der Waals surface area (Å²) in [6.07, 6.45) is 3.92. The summed E-state index contributed by atoms with van der Waals surface area (Å²) < 4.78 is 12.3. The SMILES string of the molecule is CC[C@@]12CO[I-][C@@]3(CC[C@@H]13)CO2. The Balaban J connectivity index is 1.97. The van der Waals surface area contributed by atoms with Crippen LogP contribution in [0.5, 0.6) is 0 Å². The monoisotopic (exact) mass is 281 g/mol. The Morgan fingerprint density at radius 1 is 1.50 bits per heavy atom. The van der Waals surface area contributed by atoms with Crippen molar-refractivity contribution in [3.8, 4) is 0 Å². The summed E-state index contributed by atoms with van der Waals surface area (Å²) in [5.74, 6) is 0.872. The van der Waals surface area contributed by atoms with E-state index in [-0.39, 0.29) is 27.2 Å². The van der Waals surface area contributed by atoms with E-state index in [1.807, 2.05) is 0 Å². The first-order chi connectivity index (χ1) is 5.81. The summed E-state index contributed by atoms with van der Waals surface area (Å²) in [4.78, 5) is 0. The Morgan fingerprint density at radius 2 is 2.42 bits per heavy atom. The normalized spacial score (nSPS) is 56.9. The second kappa shape index (κ2) is 2.36. The minimum absolute atomic E-state index is 0.0101. The third-order valence-corrected chi connectivity index (χ3v) is 6.92. The quantitative estimate of drug-likeness (QED) is 0.423. The van der Waals surface area contributed by atoms with Crippen LogP contribution >= 0.6 is 0 Å². The molecule has 3 heteroatoms. The van der Waals surface area contributed by atoms with Crippen LogP contribution in [0, 0.1) is 5.92 Å². The molecule has 1 saturated carbocycles. The summed E-state index contributed by atoms with van der Waals surface area (Å²) in [5, 5.41) is 0. The van der Waals surface area contributed by atoms with Crippen LogP contribution in [0.4, 0.5) is 0 Å². The molecule has 2 heterocycles. The van der Waals surface area contributed by atoms with Gasteiger partial charge in [-0.1, -0.05) is 0 Å². The summed E-state index contributed by atoms with van der Waals surface area (Å²) in [7, 11) is 0. The molecule has 3 fully saturated rings. The zero-order chi connectivity index (χ0) is 8.23. The molecule has 0 spiro atoms. The minimum atomic E-state index is -0.0101. The fourth-order valence-electron chi connectivity index (χ4n) is 2.81. The molecule has 2 bridgehead atoms. The van der Waals surface area contributed by atoms with E-state index in [0.29, 0.717) is 3.42 Å². The van der Waals surface area contributed by atoms with Gasteiger partial charge in [0.25, 0.3) is 0 Å². The Kier molecular flexibility index (Phi) is 1.57. The van der Waals surface area contributed by atoms with E-state index >= 15 is 0 Å². The number of rotatable bonds is 1. The predicted octanol–water partition coefficient (Wildman–Crippen LogP) is -1.65. The van der Waals surface area contributed by atoms with Crippen molar-refractivity contribution in [2.75, 3.05) is 13.2 Å². The summed E-state index contributed by atoms with van der Waals surface area (Å²) in [6, 6.07) is 0. The molecule has 0 radical (unpaired) electrons. The Bertz CT molecular complexity index is 221. The molecule has 0 aromatic heterocycles. The van der Waals surface area contributed by atoms with Gasteiger partial charge >= 0.3 is 83.8 Å². The van der Waals surface area contributed by atoms with Gasteiger partial charge in [-0.25, -0.2) is 0 Å². The van der Waals surface area contributed by atoms with Crippen molar-refractivity contribution < 1.29 is 29.4 Å². The Hall–Kier alpha value is 0.650. The van der Waals surface area contributed by atoms with Crippen LogP contribution in [-0.4, -0.2) is 22.2 Å². The van der Waals surface area contributed by atoms with E-state index in [0.717, 1.165) is 25.6 Å². The van der Waals surface area contributed by atoms with E-state index in [4.69, 9.17) is 7.80 Å². The van der Waals surface area contributed by atoms with Gasteiger partial charge in [0.1, 0.15) is 0 Å². The van der Waals surface area contributed by atoms with E-state index in [2.05, 4.69) is 6.92 Å². The molecule has 0 N–H and O–H groups in total. The zero-order valence-electron chi connectivity index (χ0n) is 7.31. The molecule has 2 saturated heterocycles. The molecule has 3 rings (SSSR count). The molecule has 1 aliphatic carbocycles. The number of hydrogen-bond donors (Lipinski definition) is 0. The summed E-state index contributed by atoms with van der Waals surface area (Å²) in [6.45, 7) is 4.14. The third-order valence-electron chi connectivity index (χ3n) is 3.81. The number of alkyl halides is 1. The van der Waals surface area contributed by atoms with Crippen LogP contribution in [0.1, 0.15) is 26.2 Å². The molecule has 0 aromatic rings. The molecule has 3 aliphatic rings. The van der Waals surface area contributed by atoms with Gasteiger partial charge in [0.2, 0.25) is 0 Å². The van der Waals surface area contributed by atoms with Crippen molar-refractivity contribution in [2.45, 2.75) is 35.2 Å². The van der Waals surface area contributed by atoms with Gasteiger partial charge in [0, 0.05) is 0 Å². The van der Waals surface area contributed by atoms with Gasteiger partial charge in [-0.15, -0.1) is 0 Å². The van der Waals surface area contributed by atoms with E-state index in [1.54, 1.807) is 0 Å². The van der Waals surface area contributed by atoms with E-state index in [1.165, 1.54) is 12.8 Å². The maximum absolute atomic E-state index is 5.99. The van der Waals surface area contributed by atoms with Crippen molar-refractivity contribution in [3.05, 3.63) is 0 Å². The first kappa shape index (κ1) is 8.00. The Labute approximate surface area is 83.8 Å². The van der Waals surface area contributed by atoms with Crippen molar-refractivity contribution in [1.82, 2.24) is 0 Å². The van der Waals surface area contributed by atoms with E-state index in [9.17, 15) is 0 Å². The van der Waals surface area contributed by atoms with Crippen LogP contribution in [-0.2, 0) is 7.80 Å². The molecule has 3 atom stereocenters. The number of halogens is 1. The van der Waals surface area contributed by atoms with Gasteiger partial charge < -0.3 is 0 Å². The first-order valence-corrected chi connectivity index (χ1v) is 6.69. The zero-order valence-corrected chi connectivity index (χ0v) is 9.46. The molecule has 0 amide bonds. The van der Waals surface area contributed by atoms with Gasteiger partial charge in [0.05, 0.1) is 0 Å². The van der Waals surface area contributed by atoms with Crippen molar-refractivity contribution in [3.63, 3.8) is 0 Å². The Morgan fingerprint density at radius 3 is 3.00 bits per heavy atom. The maximum atomic E-state index is 5.99. The van der Waals surface area contributed by atoms with Crippen LogP contribution in [0.2, 0.25) is 0 Å². The second-order valence-electron chi connectivity index (χ2n) is 4.16. The number of hydrogen-bond acceptors (Lipinski definition) is 2. The van der Waals surface area contributed by atoms with E-state index < -0.39 is 0 Å². The van der Waals surface area contributed by atoms with Crippen LogP contribution in [0.25, 0.3) is 0 Å². The fourth-order valence-corrected chi connectivity index (χ4v) is 6.11. The van der Waals surface area contributed by atoms with Crippen LogP contribution < -0.4 is 21.6 Å². The molecule has 0 unspecified atom stereocenters. The fraction of sp³-hybridized carbons (Fsp3) is 1.00. The molecular weight excluding hydrogens is 267 g/mol. The van der Waals surface area contributed by atoms with Crippen molar-refractivity contribution in [1.29, 1.82) is 0 Å². The van der Waals surface area contributed by atoms with Gasteiger partial charge in [0.15, 0.2) is 0 Å². The molecule has 70 valence electrons. The van der Waals surface area contributed by atoms with Crippen molar-refractivity contribution >= 4 is 0 Å². The molecule has 2 aliphatic heterocycles. The standard InChI is InChI=1S/C9H14IO2/c1-2-9-6-12-10-8(5-11-9)4-3-7(8)9/h7H,2-6H2,1H3/q-1/t7-,8+,9-/m1/s1. The van der Waals surface area contributed by atoms with Crippen LogP contribution in [0.3, 0.4) is 0 Å². The predicted molar refractivity (Wildman–Crippen MR) is 40.4 cm³/mol. The molecular formula is C9H14IO2-. The molecule has 12 heavy (non-hydrogen) atoms. The second-order valence-corrected chi connectivity index (χ2v) is 7.38. The average molecular weight is 281 g/mol. The average Bonchev–Trinajstić information content (AvgIpc) is 2.25. The topological polar surface area (TPSA) is 18.5 Å². The van der Waals surface area contributed by atoms with Gasteiger partial charge in [-0.3, -0.25) is 0 Å². The van der Waals surface area contributed by atoms with Crippen molar-refractivity contribution in [2.24, 2.45) is 5.92 Å². The van der Waals surface area contributed by atoms with Crippen LogP contribution in [0.15, 0.2) is 0 Å². The summed E-state index contributed by atoms with van der Waals surface area (Å²) in [5.41, 5.74) is 0.149.